The van der Waals surface area contributed by atoms with Crippen LogP contribution in [0, 0.1) is 17.0 Å². The number of nitrogens with zero attached hydrogens (tertiary/aromatic N) is 3. The Morgan fingerprint density at radius 3 is 2.50 bits per heavy atom. The maximum Gasteiger partial charge on any atom is 0.354 e. The van der Waals surface area contributed by atoms with Crippen LogP contribution >= 0.6 is 0 Å². The SMILES string of the molecule is Cc1cc(C(=O)O)nc(Oc2ccc([N+](=O)[O-])cc2)n1. The van der Waals surface area contributed by atoms with Crippen molar-refractivity contribution in [3.05, 3.63) is 51.8 Å². The second-order valence-corrected chi connectivity index (χ2v) is 3.84. The number of benzene rings is 1. The van der Waals surface area contributed by atoms with E-state index in [1.54, 1.807) is 6.92 Å². The fraction of sp³-hybridized carbons (Fsp3) is 0.0833. The van der Waals surface area contributed by atoms with Gasteiger partial charge in [-0.3, -0.25) is 10.1 Å². The Labute approximate surface area is 112 Å². The van der Waals surface area contributed by atoms with Crippen molar-refractivity contribution in [3.63, 3.8) is 0 Å². The number of hydrogen-bond acceptors (Lipinski definition) is 6. The molecule has 0 saturated carbocycles. The van der Waals surface area contributed by atoms with Crippen molar-refractivity contribution in [2.75, 3.05) is 0 Å². The van der Waals surface area contributed by atoms with Gasteiger partial charge in [0, 0.05) is 17.8 Å². The molecule has 8 nitrogen and oxygen atoms in total. The zero-order valence-corrected chi connectivity index (χ0v) is 10.3. The van der Waals surface area contributed by atoms with Gasteiger partial charge in [0.2, 0.25) is 0 Å². The summed E-state index contributed by atoms with van der Waals surface area (Å²) >= 11 is 0. The van der Waals surface area contributed by atoms with Crippen LogP contribution in [0.15, 0.2) is 30.3 Å². The lowest BCUT2D eigenvalue weighted by Crippen LogP contribution is -2.04. The van der Waals surface area contributed by atoms with Gasteiger partial charge >= 0.3 is 12.0 Å². The average Bonchev–Trinajstić information content (AvgIpc) is 2.38. The van der Waals surface area contributed by atoms with Crippen molar-refractivity contribution in [1.29, 1.82) is 0 Å². The molecule has 0 fully saturated rings. The zero-order valence-electron chi connectivity index (χ0n) is 10.3. The Kier molecular flexibility index (Phi) is 3.56. The minimum atomic E-state index is -1.19. The average molecular weight is 275 g/mol. The van der Waals surface area contributed by atoms with Crippen LogP contribution in [0.5, 0.6) is 11.8 Å². The second kappa shape index (κ2) is 5.31. The fourth-order valence-corrected chi connectivity index (χ4v) is 1.44. The molecule has 0 radical (unpaired) electrons. The lowest BCUT2D eigenvalue weighted by molar-refractivity contribution is -0.384. The first-order valence-electron chi connectivity index (χ1n) is 5.47. The number of carboxylic acids is 1. The number of nitro benzene ring substituents is 1. The number of nitro groups is 1. The number of aromatic nitrogens is 2. The Balaban J connectivity index is 2.25. The van der Waals surface area contributed by atoms with E-state index in [0.29, 0.717) is 5.69 Å². The van der Waals surface area contributed by atoms with Gasteiger partial charge in [-0.2, -0.15) is 4.98 Å². The first-order chi connectivity index (χ1) is 9.45. The van der Waals surface area contributed by atoms with Crippen LogP contribution in [0.1, 0.15) is 16.2 Å². The van der Waals surface area contributed by atoms with Gasteiger partial charge in [0.25, 0.3) is 5.69 Å². The molecule has 2 rings (SSSR count). The van der Waals surface area contributed by atoms with E-state index in [2.05, 4.69) is 9.97 Å². The van der Waals surface area contributed by atoms with E-state index in [1.807, 2.05) is 0 Å². The summed E-state index contributed by atoms with van der Waals surface area (Å²) in [6.45, 7) is 1.61. The highest BCUT2D eigenvalue weighted by Gasteiger charge is 2.11. The van der Waals surface area contributed by atoms with E-state index in [0.717, 1.165) is 0 Å². The number of aryl methyl sites for hydroxylation is 1. The Hall–Kier alpha value is -3.03. The molecular formula is C12H9N3O5. The van der Waals surface area contributed by atoms with Crippen molar-refractivity contribution >= 4 is 11.7 Å². The summed E-state index contributed by atoms with van der Waals surface area (Å²) in [5.41, 5.74) is 0.178. The number of aromatic carboxylic acids is 1. The molecule has 0 aliphatic heterocycles. The van der Waals surface area contributed by atoms with Gasteiger partial charge in [0.15, 0.2) is 5.69 Å². The molecule has 0 unspecified atom stereocenters. The van der Waals surface area contributed by atoms with E-state index >= 15 is 0 Å². The highest BCUT2D eigenvalue weighted by molar-refractivity contribution is 5.85. The number of ether oxygens (including phenoxy) is 1. The lowest BCUT2D eigenvalue weighted by Gasteiger charge is -2.05. The summed E-state index contributed by atoms with van der Waals surface area (Å²) in [7, 11) is 0. The summed E-state index contributed by atoms with van der Waals surface area (Å²) in [6.07, 6.45) is 0. The molecule has 0 amide bonds. The van der Waals surface area contributed by atoms with Gasteiger partial charge < -0.3 is 9.84 Å². The molecule has 20 heavy (non-hydrogen) atoms. The van der Waals surface area contributed by atoms with Crippen LogP contribution in [-0.4, -0.2) is 26.0 Å². The van der Waals surface area contributed by atoms with Crippen molar-refractivity contribution in [2.45, 2.75) is 6.92 Å². The topological polar surface area (TPSA) is 115 Å². The Morgan fingerprint density at radius 2 is 1.95 bits per heavy atom. The minimum Gasteiger partial charge on any atom is -0.477 e. The fourth-order valence-electron chi connectivity index (χ4n) is 1.44. The number of carbonyl (C=O) groups is 1. The predicted molar refractivity (Wildman–Crippen MR) is 66.9 cm³/mol. The lowest BCUT2D eigenvalue weighted by atomic mass is 10.3. The van der Waals surface area contributed by atoms with E-state index in [-0.39, 0.29) is 23.1 Å². The normalized spacial score (nSPS) is 10.1. The van der Waals surface area contributed by atoms with E-state index in [9.17, 15) is 14.9 Å². The molecular weight excluding hydrogens is 266 g/mol. The summed E-state index contributed by atoms with van der Waals surface area (Å²) in [4.78, 5) is 28.5. The molecule has 8 heteroatoms. The smallest absolute Gasteiger partial charge is 0.354 e. The van der Waals surface area contributed by atoms with Crippen LogP contribution in [-0.2, 0) is 0 Å². The molecule has 1 aromatic carbocycles. The third kappa shape index (κ3) is 3.05. The molecule has 0 spiro atoms. The van der Waals surface area contributed by atoms with E-state index < -0.39 is 10.9 Å². The summed E-state index contributed by atoms with van der Waals surface area (Å²) in [5, 5.41) is 19.4. The number of hydrogen-bond donors (Lipinski definition) is 1. The van der Waals surface area contributed by atoms with Gasteiger partial charge in [-0.15, -0.1) is 0 Å². The van der Waals surface area contributed by atoms with Crippen LogP contribution < -0.4 is 4.74 Å². The van der Waals surface area contributed by atoms with Crippen LogP contribution in [0.25, 0.3) is 0 Å². The summed E-state index contributed by atoms with van der Waals surface area (Å²) < 4.78 is 5.28. The molecule has 1 N–H and O–H groups in total. The first-order valence-corrected chi connectivity index (χ1v) is 5.47. The maximum absolute atomic E-state index is 10.9. The van der Waals surface area contributed by atoms with Crippen molar-refractivity contribution < 1.29 is 19.6 Å². The second-order valence-electron chi connectivity index (χ2n) is 3.84. The monoisotopic (exact) mass is 275 g/mol. The van der Waals surface area contributed by atoms with Crippen LogP contribution in [0.2, 0.25) is 0 Å². The summed E-state index contributed by atoms with van der Waals surface area (Å²) in [6, 6.07) is 6.47. The molecule has 0 saturated heterocycles. The standard InChI is InChI=1S/C12H9N3O5/c1-7-6-10(11(16)17)14-12(13-7)20-9-4-2-8(3-5-9)15(18)19/h2-6H,1H3,(H,16,17). The van der Waals surface area contributed by atoms with Crippen molar-refractivity contribution in [1.82, 2.24) is 9.97 Å². The molecule has 1 heterocycles. The quantitative estimate of drug-likeness (QED) is 0.671. The third-order valence-corrected chi connectivity index (χ3v) is 2.31. The molecule has 2 aromatic rings. The summed E-state index contributed by atoms with van der Waals surface area (Å²) in [5.74, 6) is -0.915. The van der Waals surface area contributed by atoms with Crippen LogP contribution in [0.3, 0.4) is 0 Å². The predicted octanol–water partition coefficient (Wildman–Crippen LogP) is 2.18. The van der Waals surface area contributed by atoms with Crippen LogP contribution in [0.4, 0.5) is 5.69 Å². The number of rotatable bonds is 4. The maximum atomic E-state index is 10.9. The van der Waals surface area contributed by atoms with Gasteiger partial charge in [-0.1, -0.05) is 0 Å². The van der Waals surface area contributed by atoms with E-state index in [1.165, 1.54) is 30.3 Å². The number of carboxylic acid groups (broad SMARTS) is 1. The molecule has 0 bridgehead atoms. The molecule has 102 valence electrons. The van der Waals surface area contributed by atoms with Crippen molar-refractivity contribution in [3.8, 4) is 11.8 Å². The highest BCUT2D eigenvalue weighted by Crippen LogP contribution is 2.21. The Morgan fingerprint density at radius 1 is 1.30 bits per heavy atom. The van der Waals surface area contributed by atoms with Gasteiger partial charge in [0.05, 0.1) is 4.92 Å². The first kappa shape index (κ1) is 13.4. The Bertz CT molecular complexity index is 669. The van der Waals surface area contributed by atoms with Gasteiger partial charge in [0.1, 0.15) is 5.75 Å². The van der Waals surface area contributed by atoms with Gasteiger partial charge in [-0.05, 0) is 25.1 Å². The third-order valence-electron chi connectivity index (χ3n) is 2.31. The molecule has 0 aliphatic carbocycles. The zero-order chi connectivity index (χ0) is 14.7. The molecule has 0 aliphatic rings. The van der Waals surface area contributed by atoms with E-state index in [4.69, 9.17) is 9.84 Å². The largest absolute Gasteiger partial charge is 0.477 e. The number of non-ortho nitro benzene ring substituents is 1. The minimum absolute atomic E-state index is 0.0752. The molecule has 1 aromatic heterocycles. The highest BCUT2D eigenvalue weighted by atomic mass is 16.6. The molecule has 0 atom stereocenters. The van der Waals surface area contributed by atoms with Gasteiger partial charge in [-0.25, -0.2) is 9.78 Å². The van der Waals surface area contributed by atoms with Crippen molar-refractivity contribution in [2.24, 2.45) is 0 Å².